The second-order valence-corrected chi connectivity index (χ2v) is 9.80. The molecule has 1 aliphatic rings. The van der Waals surface area contributed by atoms with E-state index in [1.165, 1.54) is 22.6 Å². The fraction of sp³-hybridized carbons (Fsp3) is 0.389. The Hall–Kier alpha value is -1.45. The third kappa shape index (κ3) is 4.89. The highest BCUT2D eigenvalue weighted by Gasteiger charge is 2.39. The van der Waals surface area contributed by atoms with E-state index in [0.717, 1.165) is 10.4 Å². The quantitative estimate of drug-likeness (QED) is 0.735. The first-order valence-electron chi connectivity index (χ1n) is 8.50. The number of hydrogen-bond acceptors (Lipinski definition) is 5. The molecule has 148 valence electrons. The Bertz CT molecular complexity index is 871. The Morgan fingerprint density at radius 3 is 2.56 bits per heavy atom. The maximum Gasteiger partial charge on any atom is 0.252 e. The summed E-state index contributed by atoms with van der Waals surface area (Å²) in [6, 6.07) is 13.3. The Labute approximate surface area is 170 Å². The molecule has 1 aliphatic heterocycles. The van der Waals surface area contributed by atoms with Gasteiger partial charge in [-0.1, -0.05) is 30.3 Å². The molecule has 0 spiro atoms. The summed E-state index contributed by atoms with van der Waals surface area (Å²) in [5.41, 5.74) is 7.04. The standard InChI is InChI=1S/C18H23N3O3S2.ClH/c1-13(22)20-10-16-7-8-18(25-16)26(23,24)21-11-15(9-19)17(12-21)14-5-3-2-4-6-14;/h2-8,15,17H,9-12,19H2,1H3,(H,20,22);1H/t15-,17+;/m1./s1. The van der Waals surface area contributed by atoms with Gasteiger partial charge in [-0.05, 0) is 30.2 Å². The minimum absolute atomic E-state index is 0. The number of benzene rings is 1. The minimum atomic E-state index is -3.56. The van der Waals surface area contributed by atoms with Gasteiger partial charge in [-0.2, -0.15) is 4.31 Å². The van der Waals surface area contributed by atoms with Gasteiger partial charge in [0, 0.05) is 30.8 Å². The van der Waals surface area contributed by atoms with Crippen LogP contribution in [0.4, 0.5) is 0 Å². The van der Waals surface area contributed by atoms with Crippen molar-refractivity contribution < 1.29 is 13.2 Å². The average molecular weight is 430 g/mol. The summed E-state index contributed by atoms with van der Waals surface area (Å²) in [5, 5.41) is 2.69. The second kappa shape index (κ2) is 9.16. The number of hydrogen-bond donors (Lipinski definition) is 2. The van der Waals surface area contributed by atoms with E-state index in [4.69, 9.17) is 5.73 Å². The van der Waals surface area contributed by atoms with Crippen molar-refractivity contribution in [2.45, 2.75) is 23.6 Å². The van der Waals surface area contributed by atoms with E-state index in [9.17, 15) is 13.2 Å². The van der Waals surface area contributed by atoms with Gasteiger partial charge in [0.2, 0.25) is 5.91 Å². The van der Waals surface area contributed by atoms with Crippen molar-refractivity contribution in [3.8, 4) is 0 Å². The SMILES string of the molecule is CC(=O)NCc1ccc(S(=O)(=O)N2C[C@@H](CN)[C@H](c3ccccc3)C2)s1.Cl. The predicted octanol–water partition coefficient (Wildman–Crippen LogP) is 2.17. The minimum Gasteiger partial charge on any atom is -0.351 e. The van der Waals surface area contributed by atoms with Crippen LogP contribution in [-0.2, 0) is 21.4 Å². The number of halogens is 1. The Kier molecular flexibility index (Phi) is 7.41. The van der Waals surface area contributed by atoms with Crippen LogP contribution in [0.2, 0.25) is 0 Å². The molecule has 2 aromatic rings. The van der Waals surface area contributed by atoms with Crippen LogP contribution in [0.25, 0.3) is 0 Å². The van der Waals surface area contributed by atoms with Crippen LogP contribution >= 0.6 is 23.7 Å². The molecular weight excluding hydrogens is 406 g/mol. The number of amides is 1. The fourth-order valence-electron chi connectivity index (χ4n) is 3.28. The van der Waals surface area contributed by atoms with Gasteiger partial charge in [0.05, 0.1) is 6.54 Å². The zero-order chi connectivity index (χ0) is 18.7. The lowest BCUT2D eigenvalue weighted by Gasteiger charge is -2.16. The van der Waals surface area contributed by atoms with Gasteiger partial charge < -0.3 is 11.1 Å². The summed E-state index contributed by atoms with van der Waals surface area (Å²) < 4.78 is 27.9. The summed E-state index contributed by atoms with van der Waals surface area (Å²) in [6.45, 7) is 3.09. The van der Waals surface area contributed by atoms with Crippen molar-refractivity contribution in [1.29, 1.82) is 0 Å². The van der Waals surface area contributed by atoms with Crippen LogP contribution in [0.5, 0.6) is 0 Å². The smallest absolute Gasteiger partial charge is 0.252 e. The van der Waals surface area contributed by atoms with Gasteiger partial charge in [0.25, 0.3) is 10.0 Å². The number of thiophene rings is 1. The lowest BCUT2D eigenvalue weighted by molar-refractivity contribution is -0.119. The van der Waals surface area contributed by atoms with E-state index >= 15 is 0 Å². The van der Waals surface area contributed by atoms with Crippen molar-refractivity contribution >= 4 is 39.7 Å². The largest absolute Gasteiger partial charge is 0.351 e. The van der Waals surface area contributed by atoms with Crippen LogP contribution in [-0.4, -0.2) is 38.3 Å². The van der Waals surface area contributed by atoms with E-state index in [0.29, 0.717) is 30.4 Å². The summed E-state index contributed by atoms with van der Waals surface area (Å²) >= 11 is 1.20. The van der Waals surface area contributed by atoms with Crippen molar-refractivity contribution in [3.63, 3.8) is 0 Å². The van der Waals surface area contributed by atoms with E-state index in [2.05, 4.69) is 5.32 Å². The van der Waals surface area contributed by atoms with Gasteiger partial charge in [-0.3, -0.25) is 4.79 Å². The number of sulfonamides is 1. The highest BCUT2D eigenvalue weighted by molar-refractivity contribution is 7.91. The number of carbonyl (C=O) groups excluding carboxylic acids is 1. The molecular formula is C18H24ClN3O3S2. The third-order valence-corrected chi connectivity index (χ3v) is 8.06. The molecule has 27 heavy (non-hydrogen) atoms. The molecule has 2 atom stereocenters. The average Bonchev–Trinajstić information content (AvgIpc) is 3.28. The van der Waals surface area contributed by atoms with Gasteiger partial charge in [-0.15, -0.1) is 23.7 Å². The number of nitrogens with two attached hydrogens (primary N) is 1. The lowest BCUT2D eigenvalue weighted by Crippen LogP contribution is -2.29. The van der Waals surface area contributed by atoms with Crippen LogP contribution in [0.15, 0.2) is 46.7 Å². The molecule has 1 saturated heterocycles. The van der Waals surface area contributed by atoms with Crippen LogP contribution in [0.1, 0.15) is 23.3 Å². The Balaban J connectivity index is 0.00000261. The molecule has 9 heteroatoms. The van der Waals surface area contributed by atoms with Crippen molar-refractivity contribution in [2.24, 2.45) is 11.7 Å². The molecule has 3 N–H and O–H groups in total. The van der Waals surface area contributed by atoms with Crippen molar-refractivity contribution in [1.82, 2.24) is 9.62 Å². The van der Waals surface area contributed by atoms with E-state index in [1.54, 1.807) is 12.1 Å². The van der Waals surface area contributed by atoms with Crippen LogP contribution in [0.3, 0.4) is 0 Å². The van der Waals surface area contributed by atoms with E-state index in [-0.39, 0.29) is 30.2 Å². The highest BCUT2D eigenvalue weighted by atomic mass is 35.5. The molecule has 0 saturated carbocycles. The first-order chi connectivity index (χ1) is 12.4. The molecule has 0 radical (unpaired) electrons. The highest BCUT2D eigenvalue weighted by Crippen LogP contribution is 2.36. The molecule has 6 nitrogen and oxygen atoms in total. The lowest BCUT2D eigenvalue weighted by atomic mass is 9.89. The normalized spacial score (nSPS) is 20.2. The second-order valence-electron chi connectivity index (χ2n) is 6.47. The molecule has 1 fully saturated rings. The molecule has 1 amide bonds. The molecule has 0 unspecified atom stereocenters. The number of nitrogens with zero attached hydrogens (tertiary/aromatic N) is 1. The van der Waals surface area contributed by atoms with Gasteiger partial charge in [-0.25, -0.2) is 8.42 Å². The van der Waals surface area contributed by atoms with E-state index in [1.807, 2.05) is 30.3 Å². The molecule has 0 bridgehead atoms. The molecule has 1 aromatic heterocycles. The summed E-state index contributed by atoms with van der Waals surface area (Å²) in [4.78, 5) is 11.8. The van der Waals surface area contributed by atoms with Crippen LogP contribution in [0, 0.1) is 5.92 Å². The van der Waals surface area contributed by atoms with Crippen LogP contribution < -0.4 is 11.1 Å². The van der Waals surface area contributed by atoms with E-state index < -0.39 is 10.0 Å². The molecule has 1 aromatic carbocycles. The first-order valence-corrected chi connectivity index (χ1v) is 10.8. The Morgan fingerprint density at radius 2 is 1.93 bits per heavy atom. The summed E-state index contributed by atoms with van der Waals surface area (Å²) in [6.07, 6.45) is 0. The number of carbonyl (C=O) groups is 1. The monoisotopic (exact) mass is 429 g/mol. The van der Waals surface area contributed by atoms with Crippen molar-refractivity contribution in [3.05, 3.63) is 52.9 Å². The molecule has 2 heterocycles. The topological polar surface area (TPSA) is 92.5 Å². The maximum atomic E-state index is 13.0. The zero-order valence-corrected chi connectivity index (χ0v) is 17.4. The third-order valence-electron chi connectivity index (χ3n) is 4.68. The van der Waals surface area contributed by atoms with Crippen molar-refractivity contribution in [2.75, 3.05) is 19.6 Å². The molecule has 3 rings (SSSR count). The van der Waals surface area contributed by atoms with Gasteiger partial charge in [0.1, 0.15) is 4.21 Å². The zero-order valence-electron chi connectivity index (χ0n) is 15.0. The number of nitrogens with one attached hydrogen (secondary N) is 1. The molecule has 0 aliphatic carbocycles. The summed E-state index contributed by atoms with van der Waals surface area (Å²) in [7, 11) is -3.56. The number of rotatable bonds is 6. The first kappa shape index (κ1) is 21.8. The van der Waals surface area contributed by atoms with Gasteiger partial charge in [0.15, 0.2) is 0 Å². The fourth-order valence-corrected chi connectivity index (χ4v) is 6.25. The maximum absolute atomic E-state index is 13.0. The Morgan fingerprint density at radius 1 is 1.22 bits per heavy atom. The summed E-state index contributed by atoms with van der Waals surface area (Å²) in [5.74, 6) is 0.0691. The van der Waals surface area contributed by atoms with Gasteiger partial charge >= 0.3 is 0 Å². The predicted molar refractivity (Wildman–Crippen MR) is 110 cm³/mol.